The van der Waals surface area contributed by atoms with E-state index in [1.54, 1.807) is 12.0 Å². The number of carbonyl (C=O) groups excluding carboxylic acids is 1. The highest BCUT2D eigenvalue weighted by Crippen LogP contribution is 2.52. The molecule has 7 nitrogen and oxygen atoms in total. The summed E-state index contributed by atoms with van der Waals surface area (Å²) in [5, 5.41) is 10.1. The summed E-state index contributed by atoms with van der Waals surface area (Å²) in [6.45, 7) is 4.11. The van der Waals surface area contributed by atoms with Crippen LogP contribution in [-0.4, -0.2) is 50.9 Å². The Balaban J connectivity index is 1.63. The lowest BCUT2D eigenvalue weighted by Gasteiger charge is -2.65. The molecule has 0 radical (unpaired) electrons. The van der Waals surface area contributed by atoms with Crippen molar-refractivity contribution in [2.24, 2.45) is 5.92 Å². The molecule has 1 aromatic heterocycles. The number of piperidine rings is 1. The van der Waals surface area contributed by atoms with Crippen molar-refractivity contribution in [1.29, 1.82) is 0 Å². The molecule has 166 valence electrons. The highest BCUT2D eigenvalue weighted by atomic mass is 19.4. The van der Waals surface area contributed by atoms with Crippen LogP contribution in [0.5, 0.6) is 0 Å². The lowest BCUT2D eigenvalue weighted by Crippen LogP contribution is -2.76. The number of methoxy groups -OCH3 is 1. The average Bonchev–Trinajstić information content (AvgIpc) is 2.72. The molecule has 2 heterocycles. The summed E-state index contributed by atoms with van der Waals surface area (Å²) in [6, 6.07) is 3.16. The van der Waals surface area contributed by atoms with E-state index in [1.165, 1.54) is 24.5 Å². The van der Waals surface area contributed by atoms with E-state index in [0.717, 1.165) is 25.3 Å². The SMILES string of the molecule is CO[C@@H](C)[C@]12C[C@H](C)C[C@H](C1)N2C(=O)Nc1ccc(C(F)(F)F)c(-c2nccnn2)c1. The number of amides is 2. The summed E-state index contributed by atoms with van der Waals surface area (Å²) in [7, 11) is 1.62. The minimum Gasteiger partial charge on any atom is -0.379 e. The second-order valence-corrected chi connectivity index (χ2v) is 8.41. The van der Waals surface area contributed by atoms with Gasteiger partial charge in [-0.2, -0.15) is 18.3 Å². The molecule has 1 aromatic carbocycles. The zero-order valence-corrected chi connectivity index (χ0v) is 17.5. The second kappa shape index (κ2) is 7.74. The van der Waals surface area contributed by atoms with Crippen molar-refractivity contribution in [3.05, 3.63) is 36.2 Å². The first kappa shape index (κ1) is 21.5. The summed E-state index contributed by atoms with van der Waals surface area (Å²) in [5.74, 6) is 0.311. The predicted molar refractivity (Wildman–Crippen MR) is 107 cm³/mol. The van der Waals surface area contributed by atoms with Crippen LogP contribution >= 0.6 is 0 Å². The van der Waals surface area contributed by atoms with Crippen molar-refractivity contribution in [3.8, 4) is 11.4 Å². The topological polar surface area (TPSA) is 80.2 Å². The van der Waals surface area contributed by atoms with Gasteiger partial charge in [0.25, 0.3) is 0 Å². The number of nitrogens with one attached hydrogen (secondary N) is 1. The van der Waals surface area contributed by atoms with E-state index >= 15 is 0 Å². The number of hydrogen-bond donors (Lipinski definition) is 1. The number of fused-ring (bicyclic) bond motifs is 2. The largest absolute Gasteiger partial charge is 0.417 e. The molecule has 1 aliphatic carbocycles. The van der Waals surface area contributed by atoms with Crippen LogP contribution in [0.3, 0.4) is 0 Å². The monoisotopic (exact) mass is 435 g/mol. The van der Waals surface area contributed by atoms with Gasteiger partial charge in [-0.1, -0.05) is 6.92 Å². The molecule has 2 aliphatic rings. The van der Waals surface area contributed by atoms with Gasteiger partial charge in [-0.05, 0) is 50.3 Å². The fourth-order valence-electron chi connectivity index (χ4n) is 5.09. The second-order valence-electron chi connectivity index (χ2n) is 8.41. The zero-order valence-electron chi connectivity index (χ0n) is 17.5. The Hall–Kier alpha value is -2.75. The first-order chi connectivity index (χ1) is 14.7. The predicted octanol–water partition coefficient (Wildman–Crippen LogP) is 4.37. The van der Waals surface area contributed by atoms with Crippen LogP contribution < -0.4 is 5.32 Å². The number of alkyl halides is 3. The number of nitrogens with zero attached hydrogens (tertiary/aromatic N) is 4. The fourth-order valence-corrected chi connectivity index (χ4v) is 5.09. The molecule has 2 aromatic rings. The third-order valence-corrected chi connectivity index (χ3v) is 6.44. The van der Waals surface area contributed by atoms with Gasteiger partial charge in [-0.25, -0.2) is 9.78 Å². The van der Waals surface area contributed by atoms with Crippen molar-refractivity contribution < 1.29 is 22.7 Å². The molecule has 1 N–H and O–H groups in total. The number of aromatic nitrogens is 3. The van der Waals surface area contributed by atoms with Gasteiger partial charge in [0.15, 0.2) is 5.82 Å². The van der Waals surface area contributed by atoms with Crippen LogP contribution in [0.4, 0.5) is 23.7 Å². The van der Waals surface area contributed by atoms with E-state index in [1.807, 2.05) is 6.92 Å². The van der Waals surface area contributed by atoms with Gasteiger partial charge in [0, 0.05) is 30.6 Å². The maximum absolute atomic E-state index is 13.5. The van der Waals surface area contributed by atoms with Crippen LogP contribution in [0.2, 0.25) is 0 Å². The van der Waals surface area contributed by atoms with Gasteiger partial charge in [0.1, 0.15) is 0 Å². The molecule has 1 saturated heterocycles. The van der Waals surface area contributed by atoms with E-state index in [0.29, 0.717) is 5.92 Å². The van der Waals surface area contributed by atoms with Gasteiger partial charge in [0.2, 0.25) is 0 Å². The molecule has 0 spiro atoms. The summed E-state index contributed by atoms with van der Waals surface area (Å²) in [6.07, 6.45) is 0.390. The van der Waals surface area contributed by atoms with Crippen molar-refractivity contribution >= 4 is 11.7 Å². The molecule has 2 amide bonds. The molecule has 1 aliphatic heterocycles. The maximum Gasteiger partial charge on any atom is 0.417 e. The van der Waals surface area contributed by atoms with Crippen LogP contribution in [-0.2, 0) is 10.9 Å². The molecule has 31 heavy (non-hydrogen) atoms. The molecule has 4 rings (SSSR count). The Bertz CT molecular complexity index is 971. The third kappa shape index (κ3) is 3.73. The van der Waals surface area contributed by atoms with Gasteiger partial charge < -0.3 is 15.0 Å². The van der Waals surface area contributed by atoms with E-state index in [-0.39, 0.29) is 35.3 Å². The average molecular weight is 435 g/mol. The number of carbonyl (C=O) groups is 1. The minimum absolute atomic E-state index is 0.0944. The van der Waals surface area contributed by atoms with Crippen molar-refractivity contribution in [3.63, 3.8) is 0 Å². The number of rotatable bonds is 4. The van der Waals surface area contributed by atoms with E-state index in [2.05, 4.69) is 27.4 Å². The molecular formula is C21H24F3N5O2. The quantitative estimate of drug-likeness (QED) is 0.772. The summed E-state index contributed by atoms with van der Waals surface area (Å²) in [5.41, 5.74) is -1.30. The van der Waals surface area contributed by atoms with Gasteiger partial charge in [-0.15, -0.1) is 5.10 Å². The maximum atomic E-state index is 13.5. The molecule has 4 atom stereocenters. The normalized spacial score (nSPS) is 26.2. The highest BCUT2D eigenvalue weighted by molar-refractivity contribution is 5.92. The Morgan fingerprint density at radius 1 is 1.32 bits per heavy atom. The fraction of sp³-hybridized carbons (Fsp3) is 0.524. The van der Waals surface area contributed by atoms with Crippen LogP contribution in [0.15, 0.2) is 30.6 Å². The van der Waals surface area contributed by atoms with E-state index in [9.17, 15) is 18.0 Å². The lowest BCUT2D eigenvalue weighted by molar-refractivity contribution is -0.155. The van der Waals surface area contributed by atoms with E-state index < -0.39 is 17.3 Å². The molecule has 1 saturated carbocycles. The minimum atomic E-state index is -4.60. The van der Waals surface area contributed by atoms with Crippen molar-refractivity contribution in [2.75, 3.05) is 12.4 Å². The Kier molecular flexibility index (Phi) is 5.36. The van der Waals surface area contributed by atoms with Crippen LogP contribution in [0.1, 0.15) is 38.7 Å². The standard InChI is InChI=1S/C21H24F3N5O2/c1-12-8-15-11-20(10-12,13(2)31-3)29(15)19(30)27-14-4-5-17(21(22,23)24)16(9-14)18-25-6-7-26-28-18/h4-7,9,12-13,15H,8,10-11H2,1-3H3,(H,27,30)/t12-,13+,15-,20+/m1/s1. The number of ether oxygens (including phenoxy) is 1. The summed E-state index contributed by atoms with van der Waals surface area (Å²) >= 11 is 0. The number of hydrogen-bond acceptors (Lipinski definition) is 5. The summed E-state index contributed by atoms with van der Waals surface area (Å²) < 4.78 is 46.1. The Morgan fingerprint density at radius 2 is 2.10 bits per heavy atom. The van der Waals surface area contributed by atoms with E-state index in [4.69, 9.17) is 4.74 Å². The number of halogens is 3. The van der Waals surface area contributed by atoms with Crippen LogP contribution in [0, 0.1) is 5.92 Å². The van der Waals surface area contributed by atoms with Gasteiger partial charge >= 0.3 is 12.2 Å². The van der Waals surface area contributed by atoms with Crippen molar-refractivity contribution in [1.82, 2.24) is 20.1 Å². The number of benzene rings is 1. The van der Waals surface area contributed by atoms with Crippen LogP contribution in [0.25, 0.3) is 11.4 Å². The third-order valence-electron chi connectivity index (χ3n) is 6.44. The number of likely N-dealkylation sites (tertiary alicyclic amines) is 1. The zero-order chi connectivity index (χ0) is 22.4. The molecule has 10 heteroatoms. The molecule has 0 unspecified atom stereocenters. The van der Waals surface area contributed by atoms with Gasteiger partial charge in [-0.3, -0.25) is 0 Å². The first-order valence-electron chi connectivity index (χ1n) is 10.1. The first-order valence-corrected chi connectivity index (χ1v) is 10.1. The Morgan fingerprint density at radius 3 is 2.74 bits per heavy atom. The smallest absolute Gasteiger partial charge is 0.379 e. The number of urea groups is 1. The van der Waals surface area contributed by atoms with Crippen molar-refractivity contribution in [2.45, 2.75) is 57.0 Å². The van der Waals surface area contributed by atoms with Gasteiger partial charge in [0.05, 0.1) is 23.4 Å². The summed E-state index contributed by atoms with van der Waals surface area (Å²) in [4.78, 5) is 18.9. The number of anilines is 1. The molecule has 2 bridgehead atoms. The molecular weight excluding hydrogens is 411 g/mol. The Labute approximate surface area is 178 Å². The lowest BCUT2D eigenvalue weighted by atomic mass is 9.62. The highest BCUT2D eigenvalue weighted by Gasteiger charge is 2.61. The molecule has 2 fully saturated rings.